The van der Waals surface area contributed by atoms with Gasteiger partial charge in [-0.15, -0.1) is 0 Å². The molecule has 0 aliphatic rings. The minimum absolute atomic E-state index is 0.00101. The van der Waals surface area contributed by atoms with Crippen molar-refractivity contribution in [3.63, 3.8) is 0 Å². The molecule has 0 spiro atoms. The van der Waals surface area contributed by atoms with Gasteiger partial charge in [-0.2, -0.15) is 0 Å². The number of aryl methyl sites for hydroxylation is 1. The summed E-state index contributed by atoms with van der Waals surface area (Å²) in [5, 5.41) is 11.9. The topological polar surface area (TPSA) is 54.4 Å². The maximum absolute atomic E-state index is 14.3. The molecule has 1 atom stereocenters. The number of benzene rings is 4. The Morgan fingerprint density at radius 1 is 0.778 bits per heavy atom. The summed E-state index contributed by atoms with van der Waals surface area (Å²) >= 11 is -0.389. The molecule has 36 heavy (non-hydrogen) atoms. The van der Waals surface area contributed by atoms with Gasteiger partial charge in [0, 0.05) is 0 Å². The molecule has 0 amide bonds. The van der Waals surface area contributed by atoms with Crippen LogP contribution in [0.3, 0.4) is 0 Å². The maximum atomic E-state index is 14.3. The van der Waals surface area contributed by atoms with Gasteiger partial charge in [-0.05, 0) is 0 Å². The number of rotatable bonds is 8. The molecule has 5 heteroatoms. The summed E-state index contributed by atoms with van der Waals surface area (Å²) in [5.74, 6) is 0. The molecule has 0 aromatic heterocycles. The van der Waals surface area contributed by atoms with Gasteiger partial charge >= 0.3 is 221 Å². The molecule has 4 rings (SSSR count). The van der Waals surface area contributed by atoms with Crippen LogP contribution in [-0.4, -0.2) is 34.1 Å². The Balaban J connectivity index is 1.99. The normalized spacial score (nSPS) is 14.3. The fourth-order valence-electron chi connectivity index (χ4n) is 3.79. The Morgan fingerprint density at radius 3 is 1.89 bits per heavy atom. The second kappa shape index (κ2) is 11.2. The Labute approximate surface area is 219 Å². The monoisotopic (exact) mass is 560 g/mol. The van der Waals surface area contributed by atoms with Crippen molar-refractivity contribution in [2.45, 2.75) is 24.3 Å². The number of aliphatic hydroxyl groups is 1. The van der Waals surface area contributed by atoms with Gasteiger partial charge in [-0.25, -0.2) is 0 Å². The zero-order chi connectivity index (χ0) is 25.6. The molecule has 1 N–H and O–H groups in total. The van der Waals surface area contributed by atoms with Crippen LogP contribution in [-0.2, 0) is 9.84 Å². The van der Waals surface area contributed by atoms with E-state index in [9.17, 15) is 13.5 Å². The first kappa shape index (κ1) is 25.9. The summed E-state index contributed by atoms with van der Waals surface area (Å²) in [7, 11) is -4.05. The second-order valence-corrected chi connectivity index (χ2v) is 12.8. The van der Waals surface area contributed by atoms with Crippen molar-refractivity contribution < 1.29 is 13.5 Å². The van der Waals surface area contributed by atoms with E-state index in [0.717, 1.165) is 21.2 Å². The number of hydrogen-bond donors (Lipinski definition) is 1. The van der Waals surface area contributed by atoms with Crippen molar-refractivity contribution in [1.82, 2.24) is 0 Å². The predicted octanol–water partition coefficient (Wildman–Crippen LogP) is 5.63. The molecular weight excluding hydrogens is 531 g/mol. The van der Waals surface area contributed by atoms with Crippen molar-refractivity contribution in [3.05, 3.63) is 143 Å². The Bertz CT molecular complexity index is 1460. The third kappa shape index (κ3) is 6.13. The van der Waals surface area contributed by atoms with Crippen LogP contribution < -0.4 is 4.46 Å². The average Bonchev–Trinajstić information content (AvgIpc) is 2.89. The van der Waals surface area contributed by atoms with E-state index < -0.39 is 15.4 Å². The number of sulfone groups is 1. The van der Waals surface area contributed by atoms with Crippen LogP contribution in [0.2, 0.25) is 0 Å². The average molecular weight is 560 g/mol. The molecule has 3 nitrogen and oxygen atoms in total. The number of hydrogen-bond acceptors (Lipinski definition) is 3. The Morgan fingerprint density at radius 2 is 1.31 bits per heavy atom. The van der Waals surface area contributed by atoms with Crippen molar-refractivity contribution >= 4 is 39.8 Å². The molecule has 0 aliphatic heterocycles. The van der Waals surface area contributed by atoms with E-state index in [1.54, 1.807) is 43.3 Å². The SMILES string of the molecule is Cc1ccc(S(=O)(=O)/C(=C(\[Se]c2ccccc2)c2ccccc2)C(C)(O)/C=C/c2ccccc2)cc1. The van der Waals surface area contributed by atoms with Crippen LogP contribution in [0.25, 0.3) is 10.5 Å². The van der Waals surface area contributed by atoms with E-state index in [4.69, 9.17) is 0 Å². The van der Waals surface area contributed by atoms with Gasteiger partial charge < -0.3 is 0 Å². The predicted molar refractivity (Wildman–Crippen MR) is 150 cm³/mol. The summed E-state index contributed by atoms with van der Waals surface area (Å²) < 4.78 is 30.2. The molecule has 0 heterocycles. The molecule has 0 radical (unpaired) electrons. The fraction of sp³-hybridized carbons (Fsp3) is 0.0968. The van der Waals surface area contributed by atoms with Crippen molar-refractivity contribution in [1.29, 1.82) is 0 Å². The first-order valence-corrected chi connectivity index (χ1v) is 14.8. The van der Waals surface area contributed by atoms with Crippen molar-refractivity contribution in [2.75, 3.05) is 0 Å². The van der Waals surface area contributed by atoms with Crippen LogP contribution in [0, 0.1) is 6.92 Å². The van der Waals surface area contributed by atoms with Crippen LogP contribution >= 0.6 is 0 Å². The Kier molecular flexibility index (Phi) is 8.07. The standard InChI is InChI=1S/C31H28O3SSe/c1-24-18-20-27(21-19-24)35(33,34)30(31(2,32)23-22-25-12-6-3-7-13-25)29(26-14-8-4-9-15-26)36-28-16-10-5-11-17-28/h3-23,32H,1-2H3/b23-22+,30-29-. The molecule has 0 bridgehead atoms. The van der Waals surface area contributed by atoms with Crippen LogP contribution in [0.1, 0.15) is 23.6 Å². The van der Waals surface area contributed by atoms with E-state index in [0.29, 0.717) is 4.47 Å². The van der Waals surface area contributed by atoms with Crippen molar-refractivity contribution in [2.24, 2.45) is 0 Å². The van der Waals surface area contributed by atoms with Gasteiger partial charge in [0.15, 0.2) is 0 Å². The second-order valence-electron chi connectivity index (χ2n) is 8.65. The zero-order valence-electron chi connectivity index (χ0n) is 20.2. The third-order valence-electron chi connectivity index (χ3n) is 5.66. The quantitative estimate of drug-likeness (QED) is 0.285. The van der Waals surface area contributed by atoms with Gasteiger partial charge in [-0.3, -0.25) is 0 Å². The molecular formula is C31H28O3SSe. The molecule has 1 unspecified atom stereocenters. The van der Waals surface area contributed by atoms with E-state index in [1.807, 2.05) is 97.9 Å². The Hall–Kier alpha value is -3.21. The molecule has 182 valence electrons. The summed E-state index contributed by atoms with van der Waals surface area (Å²) in [6.45, 7) is 3.47. The summed E-state index contributed by atoms with van der Waals surface area (Å²) in [6, 6.07) is 35.6. The van der Waals surface area contributed by atoms with Crippen molar-refractivity contribution in [3.8, 4) is 0 Å². The van der Waals surface area contributed by atoms with Gasteiger partial charge in [-0.1, -0.05) is 0 Å². The van der Waals surface area contributed by atoms with Crippen LogP contribution in [0.4, 0.5) is 0 Å². The van der Waals surface area contributed by atoms with E-state index in [1.165, 1.54) is 0 Å². The first-order valence-electron chi connectivity index (χ1n) is 11.6. The molecule has 0 saturated carbocycles. The molecule has 4 aromatic rings. The van der Waals surface area contributed by atoms with Crippen LogP contribution in [0.15, 0.2) is 131 Å². The van der Waals surface area contributed by atoms with Gasteiger partial charge in [0.25, 0.3) is 0 Å². The summed E-state index contributed by atoms with van der Waals surface area (Å²) in [6.07, 6.45) is 3.34. The third-order valence-corrected chi connectivity index (χ3v) is 10.4. The van der Waals surface area contributed by atoms with Crippen LogP contribution in [0.5, 0.6) is 0 Å². The fourth-order valence-corrected chi connectivity index (χ4v) is 8.67. The van der Waals surface area contributed by atoms with Gasteiger partial charge in [0.1, 0.15) is 0 Å². The first-order chi connectivity index (χ1) is 17.3. The molecule has 0 saturated heterocycles. The van der Waals surface area contributed by atoms with E-state index in [2.05, 4.69) is 0 Å². The molecule has 4 aromatic carbocycles. The zero-order valence-corrected chi connectivity index (χ0v) is 22.7. The molecule has 0 aliphatic carbocycles. The minimum atomic E-state index is -4.05. The summed E-state index contributed by atoms with van der Waals surface area (Å²) in [5.41, 5.74) is 0.855. The molecule has 0 fully saturated rings. The van der Waals surface area contributed by atoms with Gasteiger partial charge in [0.2, 0.25) is 0 Å². The van der Waals surface area contributed by atoms with E-state index >= 15 is 0 Å². The van der Waals surface area contributed by atoms with E-state index in [-0.39, 0.29) is 24.8 Å². The van der Waals surface area contributed by atoms with Gasteiger partial charge in [0.05, 0.1) is 0 Å². The summed E-state index contributed by atoms with van der Waals surface area (Å²) in [4.78, 5) is 0.162.